The molecule has 1 aliphatic rings. The Labute approximate surface area is 106 Å². The summed E-state index contributed by atoms with van der Waals surface area (Å²) in [6, 6.07) is 3.44. The van der Waals surface area contributed by atoms with Gasteiger partial charge in [-0.3, -0.25) is 4.79 Å². The van der Waals surface area contributed by atoms with Gasteiger partial charge in [0.05, 0.1) is 6.20 Å². The highest BCUT2D eigenvalue weighted by Crippen LogP contribution is 2.14. The third-order valence-electron chi connectivity index (χ3n) is 2.51. The Morgan fingerprint density at radius 1 is 1.59 bits per heavy atom. The first-order chi connectivity index (χ1) is 7.79. The maximum atomic E-state index is 11.2. The van der Waals surface area contributed by atoms with Crippen LogP contribution < -0.4 is 15.4 Å². The first kappa shape index (κ1) is 13.7. The van der Waals surface area contributed by atoms with Crippen molar-refractivity contribution in [3.63, 3.8) is 0 Å². The minimum Gasteiger partial charge on any atom is -0.487 e. The Morgan fingerprint density at radius 2 is 2.41 bits per heavy atom. The minimum atomic E-state index is -0.186. The molecule has 0 bridgehead atoms. The van der Waals surface area contributed by atoms with Gasteiger partial charge in [-0.1, -0.05) is 0 Å². The summed E-state index contributed by atoms with van der Waals surface area (Å²) in [5, 5.41) is 5.74. The lowest BCUT2D eigenvalue weighted by Gasteiger charge is -2.11. The molecule has 1 aromatic rings. The molecular formula is C11H16ClN3O2. The lowest BCUT2D eigenvalue weighted by Crippen LogP contribution is -2.21. The molecule has 1 atom stereocenters. The summed E-state index contributed by atoms with van der Waals surface area (Å²) in [5.41, 5.74) is 0.402. The van der Waals surface area contributed by atoms with E-state index in [4.69, 9.17) is 4.74 Å². The summed E-state index contributed by atoms with van der Waals surface area (Å²) < 4.78 is 5.69. The lowest BCUT2D eigenvalue weighted by molar-refractivity contribution is 0.0958. The highest BCUT2D eigenvalue weighted by atomic mass is 35.5. The van der Waals surface area contributed by atoms with Gasteiger partial charge in [0, 0.05) is 13.6 Å². The number of carbonyl (C=O) groups is 1. The van der Waals surface area contributed by atoms with Gasteiger partial charge in [-0.15, -0.1) is 12.4 Å². The molecule has 0 unspecified atom stereocenters. The number of halogens is 1. The van der Waals surface area contributed by atoms with Gasteiger partial charge in [-0.05, 0) is 25.1 Å². The summed E-state index contributed by atoms with van der Waals surface area (Å²) in [6.07, 6.45) is 2.81. The van der Waals surface area contributed by atoms with E-state index in [0.29, 0.717) is 11.4 Å². The van der Waals surface area contributed by atoms with E-state index in [-0.39, 0.29) is 24.4 Å². The van der Waals surface area contributed by atoms with E-state index >= 15 is 0 Å². The lowest BCUT2D eigenvalue weighted by atomic mass is 10.3. The second-order valence-corrected chi connectivity index (χ2v) is 3.69. The molecule has 94 valence electrons. The van der Waals surface area contributed by atoms with Gasteiger partial charge in [0.15, 0.2) is 0 Å². The molecule has 0 aromatic carbocycles. The zero-order valence-electron chi connectivity index (χ0n) is 9.60. The Balaban J connectivity index is 0.00000144. The first-order valence-electron chi connectivity index (χ1n) is 5.35. The van der Waals surface area contributed by atoms with Crippen molar-refractivity contribution in [2.75, 3.05) is 20.1 Å². The number of carbonyl (C=O) groups excluding carboxylic acids is 1. The van der Waals surface area contributed by atoms with Gasteiger partial charge in [-0.2, -0.15) is 0 Å². The maximum absolute atomic E-state index is 11.2. The standard InChI is InChI=1S/C11H15N3O2.ClH/c1-12-11(15)10-3-2-8(7-14-10)16-9-4-5-13-6-9;/h2-3,7,9,13H,4-6H2,1H3,(H,12,15);1H/t9-;/m0./s1. The Hall–Kier alpha value is -1.33. The van der Waals surface area contributed by atoms with Crippen molar-refractivity contribution < 1.29 is 9.53 Å². The van der Waals surface area contributed by atoms with E-state index in [1.807, 2.05) is 0 Å². The van der Waals surface area contributed by atoms with Crippen LogP contribution in [0.3, 0.4) is 0 Å². The van der Waals surface area contributed by atoms with Crippen LogP contribution in [-0.4, -0.2) is 37.1 Å². The summed E-state index contributed by atoms with van der Waals surface area (Å²) in [4.78, 5) is 15.3. The molecule has 1 aromatic heterocycles. The largest absolute Gasteiger partial charge is 0.487 e. The molecule has 0 aliphatic carbocycles. The van der Waals surface area contributed by atoms with E-state index in [0.717, 1.165) is 19.5 Å². The zero-order chi connectivity index (χ0) is 11.4. The van der Waals surface area contributed by atoms with Crippen molar-refractivity contribution in [3.8, 4) is 5.75 Å². The maximum Gasteiger partial charge on any atom is 0.269 e. The Kier molecular flexibility index (Phi) is 5.18. The molecule has 5 nitrogen and oxygen atoms in total. The number of hydrogen-bond donors (Lipinski definition) is 2. The Morgan fingerprint density at radius 3 is 2.94 bits per heavy atom. The number of aromatic nitrogens is 1. The van der Waals surface area contributed by atoms with Crippen LogP contribution in [0.2, 0.25) is 0 Å². The van der Waals surface area contributed by atoms with E-state index in [2.05, 4.69) is 15.6 Å². The van der Waals surface area contributed by atoms with E-state index < -0.39 is 0 Å². The summed E-state index contributed by atoms with van der Waals surface area (Å²) >= 11 is 0. The van der Waals surface area contributed by atoms with Crippen LogP contribution in [0.1, 0.15) is 16.9 Å². The highest BCUT2D eigenvalue weighted by molar-refractivity contribution is 5.91. The number of amides is 1. The van der Waals surface area contributed by atoms with E-state index in [9.17, 15) is 4.79 Å². The second kappa shape index (κ2) is 6.42. The van der Waals surface area contributed by atoms with Gasteiger partial charge in [0.25, 0.3) is 5.91 Å². The average molecular weight is 258 g/mol. The number of pyridine rings is 1. The van der Waals surface area contributed by atoms with Crippen molar-refractivity contribution in [1.29, 1.82) is 0 Å². The average Bonchev–Trinajstić information content (AvgIpc) is 2.82. The molecule has 0 radical (unpaired) electrons. The monoisotopic (exact) mass is 257 g/mol. The van der Waals surface area contributed by atoms with Gasteiger partial charge >= 0.3 is 0 Å². The van der Waals surface area contributed by atoms with E-state index in [1.165, 1.54) is 0 Å². The van der Waals surface area contributed by atoms with Crippen LogP contribution in [-0.2, 0) is 0 Å². The van der Waals surface area contributed by atoms with Crippen LogP contribution in [0.15, 0.2) is 18.3 Å². The molecule has 0 spiro atoms. The Bertz CT molecular complexity index is 363. The highest BCUT2D eigenvalue weighted by Gasteiger charge is 2.16. The number of rotatable bonds is 3. The number of nitrogens with one attached hydrogen (secondary N) is 2. The van der Waals surface area contributed by atoms with Crippen molar-refractivity contribution in [1.82, 2.24) is 15.6 Å². The molecule has 1 aliphatic heterocycles. The smallest absolute Gasteiger partial charge is 0.269 e. The summed E-state index contributed by atoms with van der Waals surface area (Å²) in [5.74, 6) is 0.524. The fourth-order valence-corrected chi connectivity index (χ4v) is 1.63. The fourth-order valence-electron chi connectivity index (χ4n) is 1.63. The molecule has 2 N–H and O–H groups in total. The number of hydrogen-bond acceptors (Lipinski definition) is 4. The van der Waals surface area contributed by atoms with Crippen LogP contribution in [0.5, 0.6) is 5.75 Å². The van der Waals surface area contributed by atoms with E-state index in [1.54, 1.807) is 25.4 Å². The van der Waals surface area contributed by atoms with Crippen LogP contribution in [0.25, 0.3) is 0 Å². The van der Waals surface area contributed by atoms with Crippen molar-refractivity contribution in [2.45, 2.75) is 12.5 Å². The third kappa shape index (κ3) is 3.57. The number of ether oxygens (including phenoxy) is 1. The van der Waals surface area contributed by atoms with Crippen molar-refractivity contribution >= 4 is 18.3 Å². The summed E-state index contributed by atoms with van der Waals surface area (Å²) in [6.45, 7) is 1.87. The van der Waals surface area contributed by atoms with Crippen LogP contribution in [0, 0.1) is 0 Å². The molecule has 1 fully saturated rings. The van der Waals surface area contributed by atoms with Crippen molar-refractivity contribution in [3.05, 3.63) is 24.0 Å². The minimum absolute atomic E-state index is 0. The van der Waals surface area contributed by atoms with Gasteiger partial charge in [-0.25, -0.2) is 4.98 Å². The van der Waals surface area contributed by atoms with Crippen LogP contribution in [0.4, 0.5) is 0 Å². The first-order valence-corrected chi connectivity index (χ1v) is 5.35. The molecular weight excluding hydrogens is 242 g/mol. The molecule has 0 saturated carbocycles. The molecule has 17 heavy (non-hydrogen) atoms. The van der Waals surface area contributed by atoms with Gasteiger partial charge in [0.2, 0.25) is 0 Å². The molecule has 6 heteroatoms. The van der Waals surface area contributed by atoms with Gasteiger partial charge in [0.1, 0.15) is 17.5 Å². The van der Waals surface area contributed by atoms with Gasteiger partial charge < -0.3 is 15.4 Å². The summed E-state index contributed by atoms with van der Waals surface area (Å²) in [7, 11) is 1.58. The predicted molar refractivity (Wildman–Crippen MR) is 66.8 cm³/mol. The fraction of sp³-hybridized carbons (Fsp3) is 0.455. The normalized spacial score (nSPS) is 18.3. The third-order valence-corrected chi connectivity index (χ3v) is 2.51. The molecule has 2 rings (SSSR count). The molecule has 1 saturated heterocycles. The quantitative estimate of drug-likeness (QED) is 0.833. The van der Waals surface area contributed by atoms with Crippen LogP contribution >= 0.6 is 12.4 Å². The number of nitrogens with zero attached hydrogens (tertiary/aromatic N) is 1. The topological polar surface area (TPSA) is 63.2 Å². The predicted octanol–water partition coefficient (Wildman–Crippen LogP) is 0.604. The molecule has 2 heterocycles. The van der Waals surface area contributed by atoms with Crippen molar-refractivity contribution in [2.24, 2.45) is 0 Å². The zero-order valence-corrected chi connectivity index (χ0v) is 10.4. The SMILES string of the molecule is CNC(=O)c1ccc(O[C@H]2CCNC2)cn1.Cl. The molecule has 1 amide bonds. The second-order valence-electron chi connectivity index (χ2n) is 3.69.